The molecule has 0 N–H and O–H groups in total. The highest BCUT2D eigenvalue weighted by Crippen LogP contribution is 2.58. The zero-order chi connectivity index (χ0) is 35.9. The van der Waals surface area contributed by atoms with E-state index >= 15 is 0 Å². The third kappa shape index (κ3) is 4.90. The number of nitrogens with zero attached hydrogens (tertiary/aromatic N) is 1. The molecule has 0 radical (unpaired) electrons. The van der Waals surface area contributed by atoms with E-state index < -0.39 is 0 Å². The van der Waals surface area contributed by atoms with Crippen molar-refractivity contribution in [3.8, 4) is 11.1 Å². The molecule has 0 aromatic heterocycles. The fourth-order valence-corrected chi connectivity index (χ4v) is 9.97. The fourth-order valence-electron chi connectivity index (χ4n) is 9.97. The van der Waals surface area contributed by atoms with E-state index in [0.29, 0.717) is 11.8 Å². The lowest BCUT2D eigenvalue weighted by atomic mass is 9.69. The number of rotatable bonds is 5. The first-order chi connectivity index (χ1) is 25.8. The minimum Gasteiger partial charge on any atom is -0.310 e. The van der Waals surface area contributed by atoms with Crippen LogP contribution in [0.25, 0.3) is 27.8 Å². The standard InChI is InChI=1S/C52H45N/c1-51(2)45-20-12-10-18-42(45)44-33-40(30-31-47(44)51)53(38-15-6-5-7-16-38)39-28-26-35(27-29-39)34-22-24-36(25-23-34)49-41-17-9-8-14-37(41)32-48-50(49)43-19-11-13-21-46(43)52(48,3)4/h5-9,11,13-33,37,41H,10,12H2,1-4H3. The Morgan fingerprint density at radius 1 is 0.528 bits per heavy atom. The second-order valence-electron chi connectivity index (χ2n) is 16.4. The highest BCUT2D eigenvalue weighted by Gasteiger charge is 2.44. The molecule has 0 bridgehead atoms. The van der Waals surface area contributed by atoms with E-state index in [9.17, 15) is 0 Å². The second-order valence-corrected chi connectivity index (χ2v) is 16.4. The summed E-state index contributed by atoms with van der Waals surface area (Å²) in [6.45, 7) is 9.53. The van der Waals surface area contributed by atoms with E-state index in [2.05, 4.69) is 196 Å². The molecule has 2 atom stereocenters. The molecule has 0 heterocycles. The maximum absolute atomic E-state index is 2.54. The van der Waals surface area contributed by atoms with E-state index in [-0.39, 0.29) is 10.8 Å². The summed E-state index contributed by atoms with van der Waals surface area (Å²) in [4.78, 5) is 2.40. The molecule has 0 saturated heterocycles. The number of para-hydroxylation sites is 1. The van der Waals surface area contributed by atoms with Gasteiger partial charge in [-0.15, -0.1) is 0 Å². The van der Waals surface area contributed by atoms with Crippen molar-refractivity contribution in [2.45, 2.75) is 51.4 Å². The minimum atomic E-state index is -0.0179. The van der Waals surface area contributed by atoms with Gasteiger partial charge >= 0.3 is 0 Å². The molecular formula is C52H45N. The van der Waals surface area contributed by atoms with Gasteiger partial charge in [0.2, 0.25) is 0 Å². The molecule has 1 heteroatoms. The van der Waals surface area contributed by atoms with Crippen LogP contribution in [0.2, 0.25) is 0 Å². The molecule has 2 unspecified atom stereocenters. The average Bonchev–Trinajstić information content (AvgIpc) is 3.57. The van der Waals surface area contributed by atoms with Crippen LogP contribution in [0.4, 0.5) is 17.1 Å². The molecule has 1 nitrogen and oxygen atoms in total. The van der Waals surface area contributed by atoms with Crippen LogP contribution in [-0.2, 0) is 10.8 Å². The van der Waals surface area contributed by atoms with Crippen LogP contribution in [0.1, 0.15) is 68.4 Å². The quantitative estimate of drug-likeness (QED) is 0.178. The number of allylic oxidation sites excluding steroid dienone is 12. The van der Waals surface area contributed by atoms with E-state index in [4.69, 9.17) is 0 Å². The van der Waals surface area contributed by atoms with Gasteiger partial charge in [0.15, 0.2) is 0 Å². The van der Waals surface area contributed by atoms with Gasteiger partial charge in [0.25, 0.3) is 0 Å². The Morgan fingerprint density at radius 2 is 1.13 bits per heavy atom. The van der Waals surface area contributed by atoms with Crippen LogP contribution in [-0.4, -0.2) is 0 Å². The van der Waals surface area contributed by atoms with E-state index in [1.165, 1.54) is 72.5 Å². The number of fused-ring (bicyclic) bond motifs is 7. The van der Waals surface area contributed by atoms with Crippen molar-refractivity contribution in [1.29, 1.82) is 0 Å². The molecule has 10 rings (SSSR count). The summed E-state index contributed by atoms with van der Waals surface area (Å²) >= 11 is 0. The van der Waals surface area contributed by atoms with Gasteiger partial charge in [0.1, 0.15) is 0 Å². The Kier molecular flexibility index (Phi) is 7.21. The van der Waals surface area contributed by atoms with Crippen LogP contribution < -0.4 is 4.90 Å². The maximum Gasteiger partial charge on any atom is 0.0468 e. The molecule has 5 aliphatic carbocycles. The summed E-state index contributed by atoms with van der Waals surface area (Å²) in [7, 11) is 0. The zero-order valence-corrected chi connectivity index (χ0v) is 31.1. The van der Waals surface area contributed by atoms with Crippen molar-refractivity contribution < 1.29 is 0 Å². The van der Waals surface area contributed by atoms with Crippen LogP contribution in [0, 0.1) is 11.8 Å². The fraction of sp³-hybridized carbons (Fsp3) is 0.192. The van der Waals surface area contributed by atoms with Crippen molar-refractivity contribution in [1.82, 2.24) is 0 Å². The van der Waals surface area contributed by atoms with Gasteiger partial charge in [-0.25, -0.2) is 0 Å². The van der Waals surface area contributed by atoms with Crippen LogP contribution in [0.5, 0.6) is 0 Å². The number of hydrogen-bond donors (Lipinski definition) is 0. The summed E-state index contributed by atoms with van der Waals surface area (Å²) in [5, 5.41) is 0. The molecule has 0 fully saturated rings. The summed E-state index contributed by atoms with van der Waals surface area (Å²) < 4.78 is 0. The first-order valence-electron chi connectivity index (χ1n) is 19.3. The van der Waals surface area contributed by atoms with Crippen molar-refractivity contribution in [3.05, 3.63) is 203 Å². The molecule has 5 aliphatic rings. The van der Waals surface area contributed by atoms with Crippen molar-refractivity contribution >= 4 is 33.8 Å². The van der Waals surface area contributed by atoms with Crippen LogP contribution in [0.3, 0.4) is 0 Å². The first kappa shape index (κ1) is 32.0. The smallest absolute Gasteiger partial charge is 0.0468 e. The van der Waals surface area contributed by atoms with E-state index in [0.717, 1.165) is 24.2 Å². The predicted octanol–water partition coefficient (Wildman–Crippen LogP) is 13.7. The number of anilines is 3. The van der Waals surface area contributed by atoms with Gasteiger partial charge in [-0.05, 0) is 116 Å². The molecule has 5 aromatic rings. The summed E-state index contributed by atoms with van der Waals surface area (Å²) in [6, 6.07) is 45.4. The lowest BCUT2D eigenvalue weighted by Gasteiger charge is -2.34. The molecule has 0 spiro atoms. The van der Waals surface area contributed by atoms with Gasteiger partial charge in [-0.2, -0.15) is 0 Å². The highest BCUT2D eigenvalue weighted by molar-refractivity contribution is 6.06. The van der Waals surface area contributed by atoms with Gasteiger partial charge < -0.3 is 4.90 Å². The normalized spacial score (nSPS) is 21.1. The average molecular weight is 684 g/mol. The summed E-state index contributed by atoms with van der Waals surface area (Å²) in [5.74, 6) is 0.703. The van der Waals surface area contributed by atoms with Gasteiger partial charge in [0, 0.05) is 39.7 Å². The molecule has 53 heavy (non-hydrogen) atoms. The molecule has 0 aliphatic heterocycles. The van der Waals surface area contributed by atoms with Gasteiger partial charge in [-0.1, -0.05) is 155 Å². The molecular weight excluding hydrogens is 639 g/mol. The Morgan fingerprint density at radius 3 is 1.92 bits per heavy atom. The van der Waals surface area contributed by atoms with E-state index in [1.54, 1.807) is 0 Å². The third-order valence-corrected chi connectivity index (χ3v) is 12.7. The van der Waals surface area contributed by atoms with E-state index in [1.807, 2.05) is 0 Å². The summed E-state index contributed by atoms with van der Waals surface area (Å²) in [6.07, 6.45) is 18.9. The second kappa shape index (κ2) is 11.9. The Hall–Kier alpha value is -5.66. The minimum absolute atomic E-state index is 0.0179. The molecule has 0 amide bonds. The largest absolute Gasteiger partial charge is 0.310 e. The van der Waals surface area contributed by atoms with Gasteiger partial charge in [-0.3, -0.25) is 0 Å². The Balaban J connectivity index is 1.01. The monoisotopic (exact) mass is 683 g/mol. The molecule has 5 aromatic carbocycles. The van der Waals surface area contributed by atoms with Crippen LogP contribution in [0.15, 0.2) is 175 Å². The lowest BCUT2D eigenvalue weighted by molar-refractivity contribution is 0.619. The van der Waals surface area contributed by atoms with Crippen molar-refractivity contribution in [2.24, 2.45) is 11.8 Å². The molecule has 0 saturated carbocycles. The lowest BCUT2D eigenvalue weighted by Crippen LogP contribution is -2.23. The maximum atomic E-state index is 2.54. The Bertz CT molecular complexity index is 2470. The third-order valence-electron chi connectivity index (χ3n) is 12.7. The summed E-state index contributed by atoms with van der Waals surface area (Å²) in [5.41, 5.74) is 20.2. The van der Waals surface area contributed by atoms with Crippen molar-refractivity contribution in [3.63, 3.8) is 0 Å². The number of hydrogen-bond acceptors (Lipinski definition) is 1. The molecule has 258 valence electrons. The number of benzene rings is 5. The SMILES string of the molecule is CC1(C)C2=CCCC=C2c2cc(N(c3ccccc3)c3ccc(-c4ccc(C5=C6C(=CC7C=CC=CC57)C(C)(C)c5ccccc56)cc4)cc3)ccc21. The predicted molar refractivity (Wildman–Crippen MR) is 225 cm³/mol. The Labute approximate surface area is 314 Å². The first-order valence-corrected chi connectivity index (χ1v) is 19.3. The van der Waals surface area contributed by atoms with Crippen LogP contribution >= 0.6 is 0 Å². The van der Waals surface area contributed by atoms with Gasteiger partial charge in [0.05, 0.1) is 0 Å². The van der Waals surface area contributed by atoms with Crippen molar-refractivity contribution in [2.75, 3.05) is 4.90 Å². The zero-order valence-electron chi connectivity index (χ0n) is 31.1. The highest BCUT2D eigenvalue weighted by atomic mass is 15.1. The topological polar surface area (TPSA) is 3.24 Å².